The molecule has 7 nitrogen and oxygen atoms in total. The van der Waals surface area contributed by atoms with Gasteiger partial charge in [-0.15, -0.1) is 0 Å². The zero-order valence-corrected chi connectivity index (χ0v) is 43.8. The van der Waals surface area contributed by atoms with Crippen LogP contribution < -0.4 is 77.9 Å². The lowest BCUT2D eigenvalue weighted by molar-refractivity contribution is 0.466. The molecular formula is C72H40B3N3O4. The van der Waals surface area contributed by atoms with E-state index < -0.39 is 6.71 Å². The highest BCUT2D eigenvalue weighted by Gasteiger charge is 2.53. The highest BCUT2D eigenvalue weighted by molar-refractivity contribution is 7.05. The summed E-state index contributed by atoms with van der Waals surface area (Å²) >= 11 is 0. The molecule has 10 heteroatoms. The van der Waals surface area contributed by atoms with Crippen LogP contribution in [0.3, 0.4) is 0 Å². The molecule has 14 aromatic rings. The van der Waals surface area contributed by atoms with Crippen LogP contribution in [-0.4, -0.2) is 24.5 Å². The van der Waals surface area contributed by atoms with Crippen LogP contribution in [0, 0.1) is 0 Å². The molecule has 0 saturated carbocycles. The minimum Gasteiger partial charge on any atom is -0.459 e. The molecule has 82 heavy (non-hydrogen) atoms. The van der Waals surface area contributed by atoms with E-state index in [4.69, 9.17) is 18.9 Å². The average Bonchev–Trinajstić information content (AvgIpc) is 1.10. The van der Waals surface area contributed by atoms with Gasteiger partial charge in [-0.1, -0.05) is 146 Å². The van der Waals surface area contributed by atoms with Gasteiger partial charge in [0.05, 0.1) is 16.6 Å². The third-order valence-corrected chi connectivity index (χ3v) is 18.5. The summed E-state index contributed by atoms with van der Waals surface area (Å²) in [7, 11) is 0. The van der Waals surface area contributed by atoms with Crippen molar-refractivity contribution in [1.29, 1.82) is 0 Å². The lowest BCUT2D eigenvalue weighted by Gasteiger charge is -2.47. The molecule has 2 aromatic heterocycles. The molecule has 6 aliphatic heterocycles. The van der Waals surface area contributed by atoms with Crippen molar-refractivity contribution in [3.63, 3.8) is 0 Å². The Morgan fingerprint density at radius 1 is 0.268 bits per heavy atom. The SMILES string of the molecule is c1ccc(N2c3cc(-c4cc5c6ccccc6n6c7ccccc7c(c4)c56)cc4c3B(c3c2cc2c5c3Oc3ccccc3B5c3ccccc3O2)c2c(cc3c5c2Oc2ccccc2B5c2ccccc2O3)N4c2ccccc2)cc1. The van der Waals surface area contributed by atoms with Gasteiger partial charge < -0.3 is 33.1 Å². The summed E-state index contributed by atoms with van der Waals surface area (Å²) in [5.74, 6) is 6.52. The third-order valence-electron chi connectivity index (χ3n) is 18.5. The molecule has 8 heterocycles. The number of hydrogen-bond acceptors (Lipinski definition) is 6. The van der Waals surface area contributed by atoms with Crippen molar-refractivity contribution < 1.29 is 18.9 Å². The Balaban J connectivity index is 0.957. The first-order valence-electron chi connectivity index (χ1n) is 28.2. The second-order valence-electron chi connectivity index (χ2n) is 22.5. The van der Waals surface area contributed by atoms with Gasteiger partial charge in [-0.25, -0.2) is 0 Å². The number of nitrogens with zero attached hydrogens (tertiary/aromatic N) is 3. The Hall–Kier alpha value is -10.6. The van der Waals surface area contributed by atoms with Gasteiger partial charge in [-0.05, 0) is 134 Å². The van der Waals surface area contributed by atoms with Crippen LogP contribution >= 0.6 is 0 Å². The van der Waals surface area contributed by atoms with Crippen molar-refractivity contribution in [2.24, 2.45) is 0 Å². The summed E-state index contributed by atoms with van der Waals surface area (Å²) in [6.45, 7) is -0.727. The second-order valence-corrected chi connectivity index (χ2v) is 22.5. The van der Waals surface area contributed by atoms with E-state index in [1.165, 1.54) is 38.1 Å². The zero-order valence-electron chi connectivity index (χ0n) is 43.8. The molecule has 0 N–H and O–H groups in total. The van der Waals surface area contributed by atoms with E-state index in [1.807, 2.05) is 0 Å². The van der Waals surface area contributed by atoms with Gasteiger partial charge in [0, 0.05) is 78.7 Å². The molecule has 0 fully saturated rings. The number of fused-ring (bicyclic) bond motifs is 20. The Morgan fingerprint density at radius 2 is 0.634 bits per heavy atom. The van der Waals surface area contributed by atoms with Crippen molar-refractivity contribution >= 4 is 142 Å². The summed E-state index contributed by atoms with van der Waals surface area (Å²) < 4.78 is 32.1. The van der Waals surface area contributed by atoms with Gasteiger partial charge in [0.2, 0.25) is 0 Å². The van der Waals surface area contributed by atoms with E-state index in [1.54, 1.807) is 0 Å². The number of hydrogen-bond donors (Lipinski definition) is 0. The second kappa shape index (κ2) is 15.6. The first kappa shape index (κ1) is 43.3. The van der Waals surface area contributed by atoms with Crippen molar-refractivity contribution in [1.82, 2.24) is 4.40 Å². The Kier molecular flexibility index (Phi) is 8.26. The van der Waals surface area contributed by atoms with Gasteiger partial charge in [-0.3, -0.25) is 0 Å². The normalized spacial score (nSPS) is 14.1. The topological polar surface area (TPSA) is 47.8 Å². The number of aromatic nitrogens is 1. The van der Waals surface area contributed by atoms with Crippen molar-refractivity contribution in [3.05, 3.63) is 243 Å². The maximum Gasteiger partial charge on any atom is 0.261 e. The highest BCUT2D eigenvalue weighted by Crippen LogP contribution is 2.52. The molecule has 0 aliphatic carbocycles. The van der Waals surface area contributed by atoms with E-state index in [-0.39, 0.29) is 13.4 Å². The predicted molar refractivity (Wildman–Crippen MR) is 336 cm³/mol. The van der Waals surface area contributed by atoms with Gasteiger partial charge in [0.25, 0.3) is 20.1 Å². The minimum absolute atomic E-state index is 0.148. The van der Waals surface area contributed by atoms with Crippen molar-refractivity contribution in [2.75, 3.05) is 9.80 Å². The number of ether oxygens (including phenoxy) is 4. The smallest absolute Gasteiger partial charge is 0.261 e. The largest absolute Gasteiger partial charge is 0.459 e. The van der Waals surface area contributed by atoms with Crippen LogP contribution in [-0.2, 0) is 0 Å². The summed E-state index contributed by atoms with van der Waals surface area (Å²) in [6.07, 6.45) is 0. The fourth-order valence-electron chi connectivity index (χ4n) is 15.3. The van der Waals surface area contributed by atoms with Crippen LogP contribution in [0.2, 0.25) is 0 Å². The first-order chi connectivity index (χ1) is 40.7. The lowest BCUT2D eigenvalue weighted by Crippen LogP contribution is -2.66. The van der Waals surface area contributed by atoms with E-state index in [0.717, 1.165) is 140 Å². The molecular weight excluding hydrogens is 1000 g/mol. The lowest BCUT2D eigenvalue weighted by atomic mass is 9.28. The monoisotopic (exact) mass is 1040 g/mol. The quantitative estimate of drug-likeness (QED) is 0.164. The van der Waals surface area contributed by atoms with Crippen LogP contribution in [0.15, 0.2) is 243 Å². The fraction of sp³-hybridized carbons (Fsp3) is 0. The molecule has 0 radical (unpaired) electrons. The summed E-state index contributed by atoms with van der Waals surface area (Å²) in [5.41, 5.74) is 21.7. The maximum atomic E-state index is 7.62. The Labute approximate surface area is 471 Å². The molecule has 376 valence electrons. The van der Waals surface area contributed by atoms with Crippen molar-refractivity contribution in [2.45, 2.75) is 0 Å². The molecule has 0 amide bonds. The number of benzene rings is 12. The van der Waals surface area contributed by atoms with Crippen LogP contribution in [0.25, 0.3) is 49.2 Å². The maximum absolute atomic E-state index is 7.62. The van der Waals surface area contributed by atoms with E-state index in [9.17, 15) is 0 Å². The predicted octanol–water partition coefficient (Wildman–Crippen LogP) is 12.0. The summed E-state index contributed by atoms with van der Waals surface area (Å²) in [5, 5.41) is 4.91. The fourth-order valence-corrected chi connectivity index (χ4v) is 15.3. The van der Waals surface area contributed by atoms with Gasteiger partial charge in [-0.2, -0.15) is 0 Å². The molecule has 20 rings (SSSR count). The Bertz CT molecular complexity index is 4850. The average molecular weight is 1040 g/mol. The molecule has 0 saturated heterocycles. The molecule has 0 bridgehead atoms. The number of anilines is 6. The van der Waals surface area contributed by atoms with Crippen LogP contribution in [0.4, 0.5) is 34.1 Å². The van der Waals surface area contributed by atoms with Crippen LogP contribution in [0.5, 0.6) is 46.0 Å². The minimum atomic E-state index is -0.430. The zero-order chi connectivity index (χ0) is 53.1. The van der Waals surface area contributed by atoms with Gasteiger partial charge in [0.15, 0.2) is 0 Å². The number of rotatable bonds is 3. The van der Waals surface area contributed by atoms with Gasteiger partial charge in [0.1, 0.15) is 46.0 Å². The molecule has 0 unspecified atom stereocenters. The summed E-state index contributed by atoms with van der Waals surface area (Å²) in [4.78, 5) is 4.95. The first-order valence-corrected chi connectivity index (χ1v) is 28.2. The van der Waals surface area contributed by atoms with E-state index in [2.05, 4.69) is 257 Å². The summed E-state index contributed by atoms with van der Waals surface area (Å²) in [6, 6.07) is 87.9. The van der Waals surface area contributed by atoms with Crippen LogP contribution in [0.1, 0.15) is 0 Å². The molecule has 6 aliphatic rings. The Morgan fingerprint density at radius 3 is 1.09 bits per heavy atom. The molecule has 0 atom stereocenters. The molecule has 0 spiro atoms. The van der Waals surface area contributed by atoms with E-state index in [0.29, 0.717) is 0 Å². The standard InChI is InChI=1S/C72H40B3N3O4/c1-3-19-43(20-4-1)76-55-37-42(41-35-47-45-23-7-13-29-53(45)78-54-30-14-8-24-46(54)48(36-41)70(47)78)38-56-65(55)75(66-57(76)39-63-68-71(66)81-61-33-17-11-27-51(61)73(68)49-25-9-15-31-59(49)79-63)67-58(77(56)44-21-5-2-6-22-44)40-64-69-72(67)82-62-34-18-12-28-52(62)74(69)50-26-10-16-32-60(50)80-64/h1-40H. The van der Waals surface area contributed by atoms with E-state index >= 15 is 0 Å². The number of para-hydroxylation sites is 8. The third kappa shape index (κ3) is 5.49. The molecule has 12 aromatic carbocycles. The van der Waals surface area contributed by atoms with Gasteiger partial charge >= 0.3 is 0 Å². The van der Waals surface area contributed by atoms with Crippen molar-refractivity contribution in [3.8, 4) is 57.1 Å². The highest BCUT2D eigenvalue weighted by atomic mass is 16.5.